The molecule has 110 valence electrons. The van der Waals surface area contributed by atoms with Crippen molar-refractivity contribution in [3.63, 3.8) is 0 Å². The number of nitrogens with zero attached hydrogens (tertiary/aromatic N) is 1. The van der Waals surface area contributed by atoms with Gasteiger partial charge in [-0.3, -0.25) is 4.79 Å². The fourth-order valence-corrected chi connectivity index (χ4v) is 2.74. The van der Waals surface area contributed by atoms with Crippen molar-refractivity contribution < 1.29 is 9.53 Å². The van der Waals surface area contributed by atoms with Gasteiger partial charge in [-0.05, 0) is 31.7 Å². The highest BCUT2D eigenvalue weighted by molar-refractivity contribution is 5.97. The van der Waals surface area contributed by atoms with Crippen molar-refractivity contribution in [1.29, 1.82) is 0 Å². The highest BCUT2D eigenvalue weighted by Crippen LogP contribution is 2.31. The number of carbonyl (C=O) groups excluding carboxylic acids is 1. The molecular weight excluding hydrogens is 254 g/mol. The Morgan fingerprint density at radius 2 is 2.40 bits per heavy atom. The standard InChI is InChI=1S/C15H23N3O2/c1-3-20-13-7-6-12(10-17-13)18-14(19)15(16)8-4-5-11(2)9-15/h6-7,10-11H,3-5,8-9,16H2,1-2H3,(H,18,19). The van der Waals surface area contributed by atoms with E-state index in [0.29, 0.717) is 24.1 Å². The third-order valence-electron chi connectivity index (χ3n) is 3.77. The molecule has 0 saturated heterocycles. The fraction of sp³-hybridized carbons (Fsp3) is 0.600. The molecule has 1 heterocycles. The first-order chi connectivity index (χ1) is 9.53. The molecule has 2 rings (SSSR count). The number of hydrogen-bond acceptors (Lipinski definition) is 4. The van der Waals surface area contributed by atoms with E-state index in [-0.39, 0.29) is 5.91 Å². The molecule has 1 aromatic heterocycles. The van der Waals surface area contributed by atoms with Gasteiger partial charge >= 0.3 is 0 Å². The summed E-state index contributed by atoms with van der Waals surface area (Å²) in [4.78, 5) is 16.5. The summed E-state index contributed by atoms with van der Waals surface area (Å²) in [5.74, 6) is 0.937. The van der Waals surface area contributed by atoms with Crippen LogP contribution in [-0.4, -0.2) is 23.0 Å². The van der Waals surface area contributed by atoms with Gasteiger partial charge in [-0.2, -0.15) is 0 Å². The van der Waals surface area contributed by atoms with Gasteiger partial charge in [0.05, 0.1) is 24.0 Å². The van der Waals surface area contributed by atoms with Gasteiger partial charge in [-0.25, -0.2) is 4.98 Å². The molecule has 2 atom stereocenters. The summed E-state index contributed by atoms with van der Waals surface area (Å²) in [6, 6.07) is 3.53. The molecule has 0 radical (unpaired) electrons. The average molecular weight is 277 g/mol. The zero-order chi connectivity index (χ0) is 14.6. The van der Waals surface area contributed by atoms with Gasteiger partial charge in [0.15, 0.2) is 0 Å². The molecule has 2 unspecified atom stereocenters. The Balaban J connectivity index is 1.99. The number of amides is 1. The Morgan fingerprint density at radius 1 is 1.60 bits per heavy atom. The van der Waals surface area contributed by atoms with Gasteiger partial charge in [0.25, 0.3) is 0 Å². The van der Waals surface area contributed by atoms with Gasteiger partial charge in [0, 0.05) is 6.07 Å². The average Bonchev–Trinajstić information content (AvgIpc) is 2.41. The van der Waals surface area contributed by atoms with Crippen molar-refractivity contribution >= 4 is 11.6 Å². The van der Waals surface area contributed by atoms with E-state index in [2.05, 4.69) is 17.2 Å². The molecule has 5 nitrogen and oxygen atoms in total. The summed E-state index contributed by atoms with van der Waals surface area (Å²) in [7, 11) is 0. The van der Waals surface area contributed by atoms with Crippen molar-refractivity contribution in [2.24, 2.45) is 11.7 Å². The molecule has 0 spiro atoms. The lowest BCUT2D eigenvalue weighted by molar-refractivity contribution is -0.122. The topological polar surface area (TPSA) is 77.2 Å². The maximum atomic E-state index is 12.4. The number of anilines is 1. The van der Waals surface area contributed by atoms with Crippen LogP contribution in [0.3, 0.4) is 0 Å². The van der Waals surface area contributed by atoms with Crippen molar-refractivity contribution in [3.8, 4) is 5.88 Å². The summed E-state index contributed by atoms with van der Waals surface area (Å²) >= 11 is 0. The lowest BCUT2D eigenvalue weighted by Crippen LogP contribution is -2.53. The molecule has 1 aliphatic carbocycles. The zero-order valence-corrected chi connectivity index (χ0v) is 12.2. The molecule has 3 N–H and O–H groups in total. The highest BCUT2D eigenvalue weighted by Gasteiger charge is 2.37. The van der Waals surface area contributed by atoms with E-state index in [0.717, 1.165) is 25.7 Å². The molecule has 0 aromatic carbocycles. The first kappa shape index (κ1) is 14.8. The van der Waals surface area contributed by atoms with Crippen molar-refractivity contribution in [2.75, 3.05) is 11.9 Å². The monoisotopic (exact) mass is 277 g/mol. The molecule has 0 aliphatic heterocycles. The Morgan fingerprint density at radius 3 is 3.00 bits per heavy atom. The number of hydrogen-bond donors (Lipinski definition) is 2. The Labute approximate surface area is 119 Å². The summed E-state index contributed by atoms with van der Waals surface area (Å²) in [5, 5.41) is 2.86. The molecular formula is C15H23N3O2. The highest BCUT2D eigenvalue weighted by atomic mass is 16.5. The molecule has 0 bridgehead atoms. The smallest absolute Gasteiger partial charge is 0.244 e. The van der Waals surface area contributed by atoms with E-state index in [4.69, 9.17) is 10.5 Å². The normalized spacial score (nSPS) is 26.1. The lowest BCUT2D eigenvalue weighted by Gasteiger charge is -2.35. The minimum Gasteiger partial charge on any atom is -0.478 e. The van der Waals surface area contributed by atoms with E-state index >= 15 is 0 Å². The Kier molecular flexibility index (Phi) is 4.60. The van der Waals surface area contributed by atoms with Crippen LogP contribution in [0.25, 0.3) is 0 Å². The molecule has 1 aliphatic rings. The molecule has 1 fully saturated rings. The zero-order valence-electron chi connectivity index (χ0n) is 12.2. The van der Waals surface area contributed by atoms with Crippen LogP contribution in [0.15, 0.2) is 18.3 Å². The second-order valence-corrected chi connectivity index (χ2v) is 5.63. The second-order valence-electron chi connectivity index (χ2n) is 5.63. The van der Waals surface area contributed by atoms with Crippen LogP contribution >= 0.6 is 0 Å². The number of nitrogens with two attached hydrogens (primary N) is 1. The van der Waals surface area contributed by atoms with E-state index < -0.39 is 5.54 Å². The number of ether oxygens (including phenoxy) is 1. The van der Waals surface area contributed by atoms with Crippen LogP contribution in [0.4, 0.5) is 5.69 Å². The van der Waals surface area contributed by atoms with Crippen molar-refractivity contribution in [1.82, 2.24) is 4.98 Å². The SMILES string of the molecule is CCOc1ccc(NC(=O)C2(N)CCCC(C)C2)cn1. The minimum absolute atomic E-state index is 0.116. The summed E-state index contributed by atoms with van der Waals surface area (Å²) in [6.07, 6.45) is 5.24. The van der Waals surface area contributed by atoms with Gasteiger partial charge in [-0.15, -0.1) is 0 Å². The van der Waals surface area contributed by atoms with Crippen LogP contribution in [0.5, 0.6) is 5.88 Å². The number of carbonyl (C=O) groups is 1. The van der Waals surface area contributed by atoms with Crippen molar-refractivity contribution in [3.05, 3.63) is 18.3 Å². The molecule has 5 heteroatoms. The van der Waals surface area contributed by atoms with Gasteiger partial charge < -0.3 is 15.8 Å². The molecule has 1 aromatic rings. The number of aromatic nitrogens is 1. The number of nitrogens with one attached hydrogen (secondary N) is 1. The lowest BCUT2D eigenvalue weighted by atomic mass is 9.76. The predicted octanol–water partition coefficient (Wildman–Crippen LogP) is 2.33. The maximum Gasteiger partial charge on any atom is 0.244 e. The second kappa shape index (κ2) is 6.22. The van der Waals surface area contributed by atoms with Crippen LogP contribution in [0.2, 0.25) is 0 Å². The van der Waals surface area contributed by atoms with E-state index in [9.17, 15) is 4.79 Å². The van der Waals surface area contributed by atoms with E-state index in [1.165, 1.54) is 0 Å². The van der Waals surface area contributed by atoms with Crippen LogP contribution in [-0.2, 0) is 4.79 Å². The number of pyridine rings is 1. The Hall–Kier alpha value is -1.62. The van der Waals surface area contributed by atoms with Gasteiger partial charge in [0.2, 0.25) is 11.8 Å². The first-order valence-corrected chi connectivity index (χ1v) is 7.22. The third kappa shape index (κ3) is 3.48. The first-order valence-electron chi connectivity index (χ1n) is 7.22. The molecule has 20 heavy (non-hydrogen) atoms. The van der Waals surface area contributed by atoms with E-state index in [1.807, 2.05) is 6.92 Å². The third-order valence-corrected chi connectivity index (χ3v) is 3.77. The summed E-state index contributed by atoms with van der Waals surface area (Å²) < 4.78 is 5.27. The fourth-order valence-electron chi connectivity index (χ4n) is 2.74. The molecule has 1 saturated carbocycles. The van der Waals surface area contributed by atoms with Crippen LogP contribution in [0, 0.1) is 5.92 Å². The van der Waals surface area contributed by atoms with Crippen LogP contribution < -0.4 is 15.8 Å². The summed E-state index contributed by atoms with van der Waals surface area (Å²) in [5.41, 5.74) is 6.16. The number of rotatable bonds is 4. The largest absolute Gasteiger partial charge is 0.478 e. The quantitative estimate of drug-likeness (QED) is 0.885. The minimum atomic E-state index is -0.754. The summed E-state index contributed by atoms with van der Waals surface area (Å²) in [6.45, 7) is 4.62. The molecule has 1 amide bonds. The van der Waals surface area contributed by atoms with Gasteiger partial charge in [0.1, 0.15) is 0 Å². The maximum absolute atomic E-state index is 12.4. The van der Waals surface area contributed by atoms with Gasteiger partial charge in [-0.1, -0.05) is 19.8 Å². The van der Waals surface area contributed by atoms with Crippen molar-refractivity contribution in [2.45, 2.75) is 45.1 Å². The Bertz CT molecular complexity index is 461. The van der Waals surface area contributed by atoms with Crippen LogP contribution in [0.1, 0.15) is 39.5 Å². The predicted molar refractivity (Wildman–Crippen MR) is 78.6 cm³/mol. The van der Waals surface area contributed by atoms with E-state index in [1.54, 1.807) is 18.3 Å².